The standard InChI is InChI=1S/C73H68BrF6N3O2/c74-40-14-13-39-71(70(85)81-47-72(75,76)77)67-28-10-9-26-63(67)64-36-32-50(46-68(64)71)49-31-35-62-60(59-22-6-7-23-61(59)66(62)45-49)25-12-16-42-83(41-15-11-24-58-56-20-4-2-18-54(56)55-19-3-5-21-57(55)58)43-37-52(38-44-83)82-69(84)65-27-8-1-17-53(65)48-29-33-51(34-30-48)73(78,79)80/h1-10,17-23,26-36,45-46,52,58,60H,11-16,24-25,37-44,47H2,(H-,81,82,84,85)/p+1. The molecule has 0 spiro atoms. The first kappa shape index (κ1) is 58.1. The monoisotopic (exact) mass is 1210 g/mol. The Hall–Kier alpha value is -7.28. The number of carbonyl (C=O) groups excluding carboxylic acids is 2. The highest BCUT2D eigenvalue weighted by Gasteiger charge is 2.50. The molecule has 3 aliphatic carbocycles. The van der Waals surface area contributed by atoms with Crippen molar-refractivity contribution < 1.29 is 40.4 Å². The van der Waals surface area contributed by atoms with Crippen molar-refractivity contribution >= 4 is 27.7 Å². The molecule has 0 aromatic heterocycles. The molecule has 2 atom stereocenters. The van der Waals surface area contributed by atoms with Gasteiger partial charge in [0, 0.05) is 41.6 Å². The third-order valence-corrected chi connectivity index (χ3v) is 19.5. The van der Waals surface area contributed by atoms with Gasteiger partial charge in [0.05, 0.1) is 31.7 Å². The summed E-state index contributed by atoms with van der Waals surface area (Å²) < 4.78 is 82.4. The molecule has 85 heavy (non-hydrogen) atoms. The molecule has 2 unspecified atom stereocenters. The molecule has 1 heterocycles. The molecule has 12 heteroatoms. The first-order valence-corrected chi connectivity index (χ1v) is 31.3. The van der Waals surface area contributed by atoms with Crippen molar-refractivity contribution in [2.75, 3.05) is 38.1 Å². The molecule has 0 saturated carbocycles. The number of nitrogens with one attached hydrogen (secondary N) is 2. The second kappa shape index (κ2) is 24.2. The fourth-order valence-electron chi connectivity index (χ4n) is 14.8. The molecule has 2 N–H and O–H groups in total. The first-order chi connectivity index (χ1) is 41.1. The number of quaternary nitrogens is 1. The molecule has 8 aromatic rings. The summed E-state index contributed by atoms with van der Waals surface area (Å²) in [6, 6.07) is 58.9. The summed E-state index contributed by atoms with van der Waals surface area (Å²) >= 11 is 3.52. The molecule has 2 amide bonds. The van der Waals surface area contributed by atoms with Crippen LogP contribution in [0.5, 0.6) is 0 Å². The number of benzene rings is 8. The van der Waals surface area contributed by atoms with E-state index in [0.717, 1.165) is 139 Å². The molecule has 12 rings (SSSR count). The van der Waals surface area contributed by atoms with E-state index in [0.29, 0.717) is 35.4 Å². The van der Waals surface area contributed by atoms with E-state index in [1.807, 2.05) is 36.4 Å². The van der Waals surface area contributed by atoms with Crippen LogP contribution in [0, 0.1) is 0 Å². The van der Waals surface area contributed by atoms with Gasteiger partial charge in [-0.05, 0) is 171 Å². The Bertz CT molecular complexity index is 3710. The van der Waals surface area contributed by atoms with Gasteiger partial charge in [-0.25, -0.2) is 0 Å². The van der Waals surface area contributed by atoms with E-state index in [1.54, 1.807) is 24.3 Å². The van der Waals surface area contributed by atoms with E-state index in [-0.39, 0.29) is 17.9 Å². The van der Waals surface area contributed by atoms with Crippen LogP contribution in [0.4, 0.5) is 26.3 Å². The number of amides is 2. The van der Waals surface area contributed by atoms with Gasteiger partial charge in [-0.1, -0.05) is 174 Å². The number of alkyl halides is 7. The maximum atomic E-state index is 14.4. The minimum Gasteiger partial charge on any atom is -0.349 e. The summed E-state index contributed by atoms with van der Waals surface area (Å²) in [5.74, 6) is -0.275. The summed E-state index contributed by atoms with van der Waals surface area (Å²) in [5, 5.41) is 6.36. The lowest BCUT2D eigenvalue weighted by atomic mass is 9.73. The zero-order chi connectivity index (χ0) is 58.9. The SMILES string of the molecule is O=C(NC1CC[N+](CCCCC2c3ccccc3-c3ccccc32)(CCCCC2c3ccccc3-c3cc(-c4ccc5c(c4)C(CCCCBr)(C(=O)NCC(F)(F)F)c4ccccc4-5)ccc32)CC1)c1ccccc1-c1ccc(C(F)(F)F)cc1. The fraction of sp³-hybridized carbons (Fsp3) is 0.315. The first-order valence-electron chi connectivity index (χ1n) is 30.1. The van der Waals surface area contributed by atoms with E-state index >= 15 is 0 Å². The van der Waals surface area contributed by atoms with E-state index in [4.69, 9.17) is 0 Å². The smallest absolute Gasteiger partial charge is 0.349 e. The van der Waals surface area contributed by atoms with E-state index in [2.05, 4.69) is 124 Å². The highest BCUT2D eigenvalue weighted by molar-refractivity contribution is 9.09. The predicted molar refractivity (Wildman–Crippen MR) is 331 cm³/mol. The Morgan fingerprint density at radius 2 is 1.01 bits per heavy atom. The number of unbranched alkanes of at least 4 members (excludes halogenated alkanes) is 3. The van der Waals surface area contributed by atoms with E-state index in [9.17, 15) is 35.9 Å². The summed E-state index contributed by atoms with van der Waals surface area (Å²) in [6.45, 7) is 2.55. The Labute approximate surface area is 502 Å². The van der Waals surface area contributed by atoms with Crippen LogP contribution in [-0.4, -0.2) is 66.6 Å². The Kier molecular flexibility index (Phi) is 16.6. The highest BCUT2D eigenvalue weighted by Crippen LogP contribution is 2.54. The van der Waals surface area contributed by atoms with Crippen LogP contribution >= 0.6 is 15.9 Å². The van der Waals surface area contributed by atoms with Gasteiger partial charge in [-0.15, -0.1) is 0 Å². The van der Waals surface area contributed by atoms with Crippen molar-refractivity contribution in [3.05, 3.63) is 226 Å². The zero-order valence-corrected chi connectivity index (χ0v) is 49.1. The van der Waals surface area contributed by atoms with Gasteiger partial charge in [0.15, 0.2) is 0 Å². The highest BCUT2D eigenvalue weighted by atomic mass is 79.9. The lowest BCUT2D eigenvalue weighted by Gasteiger charge is -2.44. The van der Waals surface area contributed by atoms with Gasteiger partial charge in [-0.2, -0.15) is 26.3 Å². The molecule has 5 nitrogen and oxygen atoms in total. The van der Waals surface area contributed by atoms with Crippen molar-refractivity contribution in [2.24, 2.45) is 0 Å². The lowest BCUT2D eigenvalue weighted by Crippen LogP contribution is -2.57. The number of carbonyl (C=O) groups is 2. The zero-order valence-electron chi connectivity index (χ0n) is 47.5. The third kappa shape index (κ3) is 11.7. The maximum Gasteiger partial charge on any atom is 0.416 e. The van der Waals surface area contributed by atoms with Gasteiger partial charge < -0.3 is 15.1 Å². The fourth-order valence-corrected chi connectivity index (χ4v) is 15.2. The molecule has 1 saturated heterocycles. The number of hydrogen-bond donors (Lipinski definition) is 2. The van der Waals surface area contributed by atoms with Gasteiger partial charge >= 0.3 is 12.4 Å². The normalized spacial score (nSPS) is 19.3. The number of piperidine rings is 1. The molecule has 1 fully saturated rings. The second-order valence-electron chi connectivity index (χ2n) is 23.9. The number of halogens is 7. The Morgan fingerprint density at radius 1 is 0.506 bits per heavy atom. The van der Waals surface area contributed by atoms with Gasteiger partial charge in [0.25, 0.3) is 5.91 Å². The molecule has 4 aliphatic rings. The van der Waals surface area contributed by atoms with Crippen LogP contribution in [0.2, 0.25) is 0 Å². The molecular weight excluding hydrogens is 1140 g/mol. The largest absolute Gasteiger partial charge is 0.416 e. The topological polar surface area (TPSA) is 58.2 Å². The summed E-state index contributed by atoms with van der Waals surface area (Å²) in [7, 11) is 0. The van der Waals surface area contributed by atoms with Crippen molar-refractivity contribution in [1.29, 1.82) is 0 Å². The number of rotatable bonds is 20. The van der Waals surface area contributed by atoms with E-state index in [1.165, 1.54) is 56.6 Å². The summed E-state index contributed by atoms with van der Waals surface area (Å²) in [4.78, 5) is 28.5. The number of fused-ring (bicyclic) bond motifs is 9. The van der Waals surface area contributed by atoms with Gasteiger partial charge in [-0.3, -0.25) is 9.59 Å². The summed E-state index contributed by atoms with van der Waals surface area (Å²) in [6.07, 6.45) is 0.717. The van der Waals surface area contributed by atoms with Crippen LogP contribution in [0.3, 0.4) is 0 Å². The van der Waals surface area contributed by atoms with Crippen molar-refractivity contribution in [1.82, 2.24) is 10.6 Å². The average molecular weight is 1210 g/mol. The van der Waals surface area contributed by atoms with Crippen molar-refractivity contribution in [3.8, 4) is 55.6 Å². The predicted octanol–water partition coefficient (Wildman–Crippen LogP) is 18.2. The molecule has 8 aromatic carbocycles. The van der Waals surface area contributed by atoms with Gasteiger partial charge in [0.2, 0.25) is 5.91 Å². The molecule has 0 radical (unpaired) electrons. The van der Waals surface area contributed by atoms with Crippen LogP contribution in [0.15, 0.2) is 182 Å². The van der Waals surface area contributed by atoms with Crippen molar-refractivity contribution in [2.45, 2.75) is 106 Å². The summed E-state index contributed by atoms with van der Waals surface area (Å²) in [5.41, 5.74) is 15.2. The Morgan fingerprint density at radius 3 is 1.61 bits per heavy atom. The minimum atomic E-state index is -4.56. The van der Waals surface area contributed by atoms with E-state index < -0.39 is 35.8 Å². The number of nitrogens with zero attached hydrogens (tertiary/aromatic N) is 1. The number of hydrogen-bond acceptors (Lipinski definition) is 2. The molecule has 436 valence electrons. The lowest BCUT2D eigenvalue weighted by molar-refractivity contribution is -0.933. The molecule has 1 aliphatic heterocycles. The minimum absolute atomic E-state index is 0.0372. The quantitative estimate of drug-likeness (QED) is 0.0346. The van der Waals surface area contributed by atoms with Gasteiger partial charge in [0.1, 0.15) is 12.0 Å². The molecule has 0 bridgehead atoms. The Balaban J connectivity index is 0.759. The average Bonchev–Trinajstić information content (AvgIpc) is 2.13. The van der Waals surface area contributed by atoms with Crippen molar-refractivity contribution in [3.63, 3.8) is 0 Å². The van der Waals surface area contributed by atoms with Crippen LogP contribution in [-0.2, 0) is 16.4 Å². The third-order valence-electron chi connectivity index (χ3n) is 19.0. The van der Waals surface area contributed by atoms with Crippen LogP contribution < -0.4 is 10.6 Å². The molecular formula is C73H69BrF6N3O2+. The second-order valence-corrected chi connectivity index (χ2v) is 24.7. The van der Waals surface area contributed by atoms with Crippen LogP contribution in [0.1, 0.15) is 132 Å². The maximum absolute atomic E-state index is 14.4. The number of likely N-dealkylation sites (tertiary alicyclic amines) is 1. The van der Waals surface area contributed by atoms with Crippen LogP contribution in [0.25, 0.3) is 55.6 Å².